The van der Waals surface area contributed by atoms with E-state index in [1.807, 2.05) is 20.6 Å². The highest BCUT2D eigenvalue weighted by Crippen LogP contribution is 2.14. The van der Waals surface area contributed by atoms with Gasteiger partial charge in [-0.25, -0.2) is 4.89 Å². The smallest absolute Gasteiger partial charge is 0.106 e. The summed E-state index contributed by atoms with van der Waals surface area (Å²) in [7, 11) is 1.18. The van der Waals surface area contributed by atoms with Crippen LogP contribution in [0.1, 0.15) is 131 Å². The van der Waals surface area contributed by atoms with Gasteiger partial charge in [-0.05, 0) is 19.4 Å². The minimum absolute atomic E-state index is 0. The fraction of sp³-hybridized carbons (Fsp3) is 0.958. The van der Waals surface area contributed by atoms with Gasteiger partial charge < -0.3 is 15.6 Å². The van der Waals surface area contributed by atoms with Crippen LogP contribution in [0.2, 0.25) is 0 Å². The summed E-state index contributed by atoms with van der Waals surface area (Å²) in [5, 5.41) is 15.8. The Morgan fingerprint density at radius 2 is 0.793 bits per heavy atom. The molecule has 0 aromatic heterocycles. The van der Waals surface area contributed by atoms with Gasteiger partial charge in [0.2, 0.25) is 0 Å². The number of nitrogens with two attached hydrogens (primary N) is 1. The molecule has 0 aromatic carbocycles. The second kappa shape index (κ2) is 46.0. The van der Waals surface area contributed by atoms with E-state index >= 15 is 0 Å². The molecule has 0 spiro atoms. The molecule has 0 saturated heterocycles. The SMILES string of the molecule is C=O.CC.COO.NCCCCCCCCCCCCCCCCCCCCO.[HH]. The number of unbranched alkanes of at least 4 members (excludes halogenated alkanes) is 17. The van der Waals surface area contributed by atoms with Gasteiger partial charge in [-0.3, -0.25) is 5.26 Å². The van der Waals surface area contributed by atoms with E-state index in [9.17, 15) is 0 Å². The lowest BCUT2D eigenvalue weighted by Gasteiger charge is -2.03. The lowest BCUT2D eigenvalue weighted by atomic mass is 10.0. The van der Waals surface area contributed by atoms with Gasteiger partial charge in [-0.1, -0.05) is 117 Å². The number of hydrogen-bond acceptors (Lipinski definition) is 5. The van der Waals surface area contributed by atoms with Crippen LogP contribution in [-0.2, 0) is 9.68 Å². The topological polar surface area (TPSA) is 92.8 Å². The molecule has 0 amide bonds. The van der Waals surface area contributed by atoms with Gasteiger partial charge in [0.05, 0.1) is 7.11 Å². The summed E-state index contributed by atoms with van der Waals surface area (Å²) in [5.41, 5.74) is 5.49. The van der Waals surface area contributed by atoms with E-state index in [1.165, 1.54) is 116 Å². The van der Waals surface area contributed by atoms with Crippen molar-refractivity contribution in [3.63, 3.8) is 0 Å². The maximum atomic E-state index is 8.70. The van der Waals surface area contributed by atoms with Crippen molar-refractivity contribution in [3.8, 4) is 0 Å². The molecule has 0 aliphatic heterocycles. The normalized spacial score (nSPS) is 9.45. The predicted molar refractivity (Wildman–Crippen MR) is 129 cm³/mol. The van der Waals surface area contributed by atoms with Gasteiger partial charge in [0.15, 0.2) is 0 Å². The van der Waals surface area contributed by atoms with E-state index in [1.54, 1.807) is 0 Å². The number of rotatable bonds is 19. The summed E-state index contributed by atoms with van der Waals surface area (Å²) in [5.74, 6) is 0. The fourth-order valence-electron chi connectivity index (χ4n) is 3.08. The Kier molecular flexibility index (Phi) is 56.9. The third-order valence-corrected chi connectivity index (χ3v) is 4.61. The molecule has 0 saturated carbocycles. The van der Waals surface area contributed by atoms with Gasteiger partial charge in [-0.2, -0.15) is 0 Å². The predicted octanol–water partition coefficient (Wildman–Crippen LogP) is 7.15. The summed E-state index contributed by atoms with van der Waals surface area (Å²) in [4.78, 5) is 11.2. The minimum Gasteiger partial charge on any atom is -0.396 e. The second-order valence-electron chi connectivity index (χ2n) is 7.06. The first-order valence-corrected chi connectivity index (χ1v) is 12.1. The molecule has 0 aliphatic carbocycles. The van der Waals surface area contributed by atoms with Crippen LogP contribution < -0.4 is 5.73 Å². The van der Waals surface area contributed by atoms with Crippen LogP contribution in [-0.4, -0.2) is 37.4 Å². The van der Waals surface area contributed by atoms with E-state index in [2.05, 4.69) is 4.89 Å². The maximum absolute atomic E-state index is 8.70. The summed E-state index contributed by atoms with van der Waals surface area (Å²) in [6, 6.07) is 0. The van der Waals surface area contributed by atoms with Crippen molar-refractivity contribution >= 4 is 6.79 Å². The standard InChI is InChI=1S/C20H43NO.C2H6.CH4O2.CH2O.H2/c21-19-17-15-13-11-9-7-5-3-1-2-4-6-8-10-12-14-16-18-20-22;1-2;1-3-2;1-2;/h22H,1-21H2;1-2H3;2H,1H3;1H2;1H. The molecule has 5 nitrogen and oxygen atoms in total. The highest BCUT2D eigenvalue weighted by Gasteiger charge is 1.94. The van der Waals surface area contributed by atoms with Crippen molar-refractivity contribution in [2.24, 2.45) is 5.73 Å². The quantitative estimate of drug-likeness (QED) is 0.116. The zero-order valence-electron chi connectivity index (χ0n) is 20.1. The number of carbonyl (C=O) groups excluding carboxylic acids is 1. The summed E-state index contributed by atoms with van der Waals surface area (Å²) in [6.45, 7) is 7.23. The van der Waals surface area contributed by atoms with Gasteiger partial charge in [-0.15, -0.1) is 0 Å². The second-order valence-corrected chi connectivity index (χ2v) is 7.06. The van der Waals surface area contributed by atoms with Crippen molar-refractivity contribution in [1.82, 2.24) is 0 Å². The average molecular weight is 424 g/mol. The van der Waals surface area contributed by atoms with Crippen molar-refractivity contribution < 1.29 is 21.5 Å². The molecule has 0 radical (unpaired) electrons. The van der Waals surface area contributed by atoms with Crippen LogP contribution in [0.5, 0.6) is 0 Å². The van der Waals surface area contributed by atoms with Crippen molar-refractivity contribution in [2.45, 2.75) is 129 Å². The van der Waals surface area contributed by atoms with Crippen molar-refractivity contribution in [2.75, 3.05) is 20.3 Å². The van der Waals surface area contributed by atoms with E-state index in [-0.39, 0.29) is 1.43 Å². The minimum atomic E-state index is 0. The molecule has 0 fully saturated rings. The van der Waals surface area contributed by atoms with Crippen LogP contribution in [0.15, 0.2) is 0 Å². The monoisotopic (exact) mass is 423 g/mol. The van der Waals surface area contributed by atoms with Gasteiger partial charge in [0, 0.05) is 8.03 Å². The summed E-state index contributed by atoms with van der Waals surface area (Å²) in [6.07, 6.45) is 24.6. The molecule has 0 aromatic rings. The van der Waals surface area contributed by atoms with Crippen molar-refractivity contribution in [3.05, 3.63) is 0 Å². The zero-order chi connectivity index (χ0) is 22.8. The third-order valence-electron chi connectivity index (χ3n) is 4.61. The molecule has 29 heavy (non-hydrogen) atoms. The Morgan fingerprint density at radius 3 is 0.966 bits per heavy atom. The van der Waals surface area contributed by atoms with Crippen LogP contribution in [0.3, 0.4) is 0 Å². The number of carbonyl (C=O) groups is 1. The molecule has 0 aliphatic rings. The fourth-order valence-corrected chi connectivity index (χ4v) is 3.08. The van der Waals surface area contributed by atoms with Gasteiger partial charge in [0.1, 0.15) is 6.79 Å². The first-order chi connectivity index (χ1) is 14.3. The molecular weight excluding hydrogens is 366 g/mol. The Hall–Kier alpha value is -0.490. The van der Waals surface area contributed by atoms with Crippen LogP contribution in [0, 0.1) is 0 Å². The highest BCUT2D eigenvalue weighted by molar-refractivity contribution is 5.10. The van der Waals surface area contributed by atoms with E-state index < -0.39 is 0 Å². The Bertz CT molecular complexity index is 205. The molecule has 4 N–H and O–H groups in total. The lowest BCUT2D eigenvalue weighted by molar-refractivity contribution is -0.214. The van der Waals surface area contributed by atoms with E-state index in [0.29, 0.717) is 6.61 Å². The van der Waals surface area contributed by atoms with Crippen LogP contribution in [0.4, 0.5) is 0 Å². The molecule has 0 heterocycles. The van der Waals surface area contributed by atoms with Gasteiger partial charge in [0.25, 0.3) is 0 Å². The Labute approximate surface area is 184 Å². The van der Waals surface area contributed by atoms with E-state index in [0.717, 1.165) is 13.0 Å². The number of aliphatic hydroxyl groups excluding tert-OH is 1. The molecule has 0 unspecified atom stereocenters. The first kappa shape index (κ1) is 35.9. The first-order valence-electron chi connectivity index (χ1n) is 12.1. The summed E-state index contributed by atoms with van der Waals surface area (Å²) >= 11 is 0. The lowest BCUT2D eigenvalue weighted by Crippen LogP contribution is -1.97. The van der Waals surface area contributed by atoms with Crippen LogP contribution in [0.25, 0.3) is 0 Å². The van der Waals surface area contributed by atoms with Crippen LogP contribution >= 0.6 is 0 Å². The molecule has 0 atom stereocenters. The molecule has 182 valence electrons. The Balaban J connectivity index is -0.000000231. The zero-order valence-corrected chi connectivity index (χ0v) is 20.1. The summed E-state index contributed by atoms with van der Waals surface area (Å²) < 4.78 is 0. The Morgan fingerprint density at radius 1 is 0.621 bits per heavy atom. The number of aliphatic hydroxyl groups is 1. The molecule has 5 heteroatoms. The molecule has 0 rings (SSSR count). The third kappa shape index (κ3) is 52.3. The van der Waals surface area contributed by atoms with E-state index in [4.69, 9.17) is 20.9 Å². The maximum Gasteiger partial charge on any atom is 0.106 e. The molecular formula is C24H57NO4. The largest absolute Gasteiger partial charge is 0.396 e. The van der Waals surface area contributed by atoms with Gasteiger partial charge >= 0.3 is 0 Å². The molecule has 0 bridgehead atoms. The average Bonchev–Trinajstić information content (AvgIpc) is 2.76. The number of hydrogen-bond donors (Lipinski definition) is 3. The van der Waals surface area contributed by atoms with Crippen molar-refractivity contribution in [1.29, 1.82) is 0 Å². The highest BCUT2D eigenvalue weighted by atomic mass is 17.1.